The lowest BCUT2D eigenvalue weighted by Crippen LogP contribution is -2.48. The summed E-state index contributed by atoms with van der Waals surface area (Å²) in [5.41, 5.74) is 1.88. The van der Waals surface area contributed by atoms with Crippen molar-refractivity contribution in [3.63, 3.8) is 0 Å². The van der Waals surface area contributed by atoms with Gasteiger partial charge in [-0.15, -0.1) is 0 Å². The first kappa shape index (κ1) is 13.8. The van der Waals surface area contributed by atoms with E-state index < -0.39 is 0 Å². The van der Waals surface area contributed by atoms with E-state index in [2.05, 4.69) is 21.0 Å². The van der Waals surface area contributed by atoms with Crippen molar-refractivity contribution in [2.75, 3.05) is 26.2 Å². The molecule has 1 amide bonds. The molecular formula is C15H19N5O. The summed E-state index contributed by atoms with van der Waals surface area (Å²) in [6.07, 6.45) is 7.08. The van der Waals surface area contributed by atoms with Crippen molar-refractivity contribution in [3.05, 3.63) is 48.0 Å². The molecule has 0 atom stereocenters. The summed E-state index contributed by atoms with van der Waals surface area (Å²) in [6, 6.07) is 4.04. The van der Waals surface area contributed by atoms with Crippen LogP contribution >= 0.6 is 0 Å². The van der Waals surface area contributed by atoms with Gasteiger partial charge in [0.25, 0.3) is 5.91 Å². The normalized spacial score (nSPS) is 16.1. The maximum absolute atomic E-state index is 12.3. The topological polar surface area (TPSA) is 54.3 Å². The summed E-state index contributed by atoms with van der Waals surface area (Å²) >= 11 is 0. The summed E-state index contributed by atoms with van der Waals surface area (Å²) < 4.78 is 1.66. The number of hydrogen-bond acceptors (Lipinski definition) is 4. The molecule has 0 saturated carbocycles. The molecule has 0 aliphatic carbocycles. The lowest BCUT2D eigenvalue weighted by molar-refractivity contribution is 0.0628. The molecule has 21 heavy (non-hydrogen) atoms. The second-order valence-electron chi connectivity index (χ2n) is 5.33. The van der Waals surface area contributed by atoms with Gasteiger partial charge in [-0.3, -0.25) is 19.4 Å². The smallest absolute Gasteiger partial charge is 0.257 e. The zero-order valence-electron chi connectivity index (χ0n) is 12.1. The highest BCUT2D eigenvalue weighted by Crippen LogP contribution is 2.10. The second kappa shape index (κ2) is 6.05. The summed E-state index contributed by atoms with van der Waals surface area (Å²) in [6.45, 7) is 4.19. The van der Waals surface area contributed by atoms with Crippen LogP contribution in [0.2, 0.25) is 0 Å². The summed E-state index contributed by atoms with van der Waals surface area (Å²) in [7, 11) is 1.82. The van der Waals surface area contributed by atoms with Crippen LogP contribution in [0.25, 0.3) is 0 Å². The van der Waals surface area contributed by atoms with Crippen LogP contribution in [0.5, 0.6) is 0 Å². The summed E-state index contributed by atoms with van der Waals surface area (Å²) in [5, 5.41) is 4.06. The van der Waals surface area contributed by atoms with Crippen molar-refractivity contribution in [1.29, 1.82) is 0 Å². The molecule has 6 heteroatoms. The molecular weight excluding hydrogens is 266 g/mol. The maximum Gasteiger partial charge on any atom is 0.257 e. The van der Waals surface area contributed by atoms with E-state index >= 15 is 0 Å². The first-order valence-corrected chi connectivity index (χ1v) is 7.11. The van der Waals surface area contributed by atoms with E-state index in [0.29, 0.717) is 5.56 Å². The quantitative estimate of drug-likeness (QED) is 0.836. The van der Waals surface area contributed by atoms with E-state index in [1.165, 1.54) is 5.56 Å². The van der Waals surface area contributed by atoms with Crippen LogP contribution in [0, 0.1) is 0 Å². The Kier molecular flexibility index (Phi) is 3.96. The molecule has 3 rings (SSSR count). The number of carbonyl (C=O) groups excluding carboxylic acids is 1. The number of hydrogen-bond donors (Lipinski definition) is 0. The molecule has 3 heterocycles. The molecule has 0 aromatic carbocycles. The third-order valence-electron chi connectivity index (χ3n) is 3.74. The van der Waals surface area contributed by atoms with Gasteiger partial charge >= 0.3 is 0 Å². The largest absolute Gasteiger partial charge is 0.336 e. The zero-order chi connectivity index (χ0) is 14.7. The van der Waals surface area contributed by atoms with E-state index in [1.54, 1.807) is 23.3 Å². The van der Waals surface area contributed by atoms with E-state index in [0.717, 1.165) is 32.7 Å². The van der Waals surface area contributed by atoms with Crippen molar-refractivity contribution in [3.8, 4) is 0 Å². The number of piperazine rings is 1. The van der Waals surface area contributed by atoms with Gasteiger partial charge in [-0.25, -0.2) is 0 Å². The minimum Gasteiger partial charge on any atom is -0.336 e. The van der Waals surface area contributed by atoms with Gasteiger partial charge in [0.2, 0.25) is 0 Å². The van der Waals surface area contributed by atoms with E-state index in [9.17, 15) is 4.79 Å². The average Bonchev–Trinajstić information content (AvgIpc) is 2.95. The highest BCUT2D eigenvalue weighted by atomic mass is 16.2. The molecule has 2 aromatic heterocycles. The minimum atomic E-state index is 0.0733. The fourth-order valence-electron chi connectivity index (χ4n) is 2.57. The molecule has 1 aliphatic rings. The summed E-state index contributed by atoms with van der Waals surface area (Å²) in [4.78, 5) is 20.7. The number of carbonyl (C=O) groups is 1. The van der Waals surface area contributed by atoms with Gasteiger partial charge in [0.05, 0.1) is 11.8 Å². The number of rotatable bonds is 3. The van der Waals surface area contributed by atoms with E-state index in [-0.39, 0.29) is 5.91 Å². The van der Waals surface area contributed by atoms with Crippen molar-refractivity contribution in [2.45, 2.75) is 6.54 Å². The standard InChI is InChI=1S/C15H19N5O/c1-18-12-14(10-17-18)15(21)20-7-5-19(6-8-20)11-13-3-2-4-16-9-13/h2-4,9-10,12H,5-8,11H2,1H3. The molecule has 0 unspecified atom stereocenters. The van der Waals surface area contributed by atoms with E-state index in [1.807, 2.05) is 24.2 Å². The van der Waals surface area contributed by atoms with Crippen LogP contribution < -0.4 is 0 Å². The van der Waals surface area contributed by atoms with Crippen LogP contribution in [0.3, 0.4) is 0 Å². The Morgan fingerprint density at radius 1 is 1.24 bits per heavy atom. The molecule has 110 valence electrons. The van der Waals surface area contributed by atoms with E-state index in [4.69, 9.17) is 0 Å². The molecule has 6 nitrogen and oxygen atoms in total. The molecule has 0 N–H and O–H groups in total. The Hall–Kier alpha value is -2.21. The highest BCUT2D eigenvalue weighted by molar-refractivity contribution is 5.93. The van der Waals surface area contributed by atoms with Crippen LogP contribution in [-0.4, -0.2) is 56.7 Å². The monoisotopic (exact) mass is 285 g/mol. The molecule has 2 aromatic rings. The predicted octanol–water partition coefficient (Wildman–Crippen LogP) is 0.773. The van der Waals surface area contributed by atoms with Crippen molar-refractivity contribution < 1.29 is 4.79 Å². The third-order valence-corrected chi connectivity index (χ3v) is 3.74. The fourth-order valence-corrected chi connectivity index (χ4v) is 2.57. The highest BCUT2D eigenvalue weighted by Gasteiger charge is 2.22. The first-order chi connectivity index (χ1) is 10.2. The minimum absolute atomic E-state index is 0.0733. The molecule has 0 radical (unpaired) electrons. The van der Waals surface area contributed by atoms with Crippen LogP contribution in [0.4, 0.5) is 0 Å². The van der Waals surface area contributed by atoms with Crippen LogP contribution in [-0.2, 0) is 13.6 Å². The van der Waals surface area contributed by atoms with Crippen molar-refractivity contribution in [2.24, 2.45) is 7.05 Å². The Morgan fingerprint density at radius 3 is 2.67 bits per heavy atom. The Balaban J connectivity index is 1.54. The number of pyridine rings is 1. The fraction of sp³-hybridized carbons (Fsp3) is 0.400. The van der Waals surface area contributed by atoms with Crippen LogP contribution in [0.1, 0.15) is 15.9 Å². The third kappa shape index (κ3) is 3.28. The molecule has 1 fully saturated rings. The second-order valence-corrected chi connectivity index (χ2v) is 5.33. The Labute approximate surface area is 124 Å². The first-order valence-electron chi connectivity index (χ1n) is 7.11. The molecule has 0 spiro atoms. The number of amides is 1. The number of aromatic nitrogens is 3. The Bertz CT molecular complexity index is 602. The number of aryl methyl sites for hydroxylation is 1. The van der Waals surface area contributed by atoms with Gasteiger partial charge in [-0.05, 0) is 11.6 Å². The van der Waals surface area contributed by atoms with Crippen molar-refractivity contribution in [1.82, 2.24) is 24.6 Å². The lowest BCUT2D eigenvalue weighted by atomic mass is 10.2. The van der Waals surface area contributed by atoms with Gasteiger partial charge in [0.15, 0.2) is 0 Å². The number of nitrogens with zero attached hydrogens (tertiary/aromatic N) is 5. The van der Waals surface area contributed by atoms with Gasteiger partial charge < -0.3 is 4.90 Å². The predicted molar refractivity (Wildman–Crippen MR) is 78.6 cm³/mol. The lowest BCUT2D eigenvalue weighted by Gasteiger charge is -2.34. The Morgan fingerprint density at radius 2 is 2.05 bits per heavy atom. The van der Waals surface area contributed by atoms with Gasteiger partial charge in [0.1, 0.15) is 0 Å². The molecule has 1 saturated heterocycles. The van der Waals surface area contributed by atoms with Crippen LogP contribution in [0.15, 0.2) is 36.9 Å². The zero-order valence-corrected chi connectivity index (χ0v) is 12.1. The van der Waals surface area contributed by atoms with Crippen molar-refractivity contribution >= 4 is 5.91 Å². The molecule has 1 aliphatic heterocycles. The van der Waals surface area contributed by atoms with Gasteiger partial charge in [-0.2, -0.15) is 5.10 Å². The maximum atomic E-state index is 12.3. The average molecular weight is 285 g/mol. The summed E-state index contributed by atoms with van der Waals surface area (Å²) in [5.74, 6) is 0.0733. The van der Waals surface area contributed by atoms with Gasteiger partial charge in [0, 0.05) is 58.4 Å². The van der Waals surface area contributed by atoms with Gasteiger partial charge in [-0.1, -0.05) is 6.07 Å². The molecule has 0 bridgehead atoms. The SMILES string of the molecule is Cn1cc(C(=O)N2CCN(Cc3cccnc3)CC2)cn1.